The summed E-state index contributed by atoms with van der Waals surface area (Å²) in [4.78, 5) is 0. The number of phenolic OH excluding ortho intramolecular Hbond substituents is 3. The highest BCUT2D eigenvalue weighted by Gasteiger charge is 2.36. The van der Waals surface area contributed by atoms with E-state index in [-0.39, 0.29) is 22.8 Å². The van der Waals surface area contributed by atoms with E-state index >= 15 is 0 Å². The van der Waals surface area contributed by atoms with Crippen molar-refractivity contribution in [1.82, 2.24) is 0 Å². The summed E-state index contributed by atoms with van der Waals surface area (Å²) in [5.41, 5.74) is 0.921. The zero-order valence-corrected chi connectivity index (χ0v) is 21.4. The third kappa shape index (κ3) is 7.48. The molecule has 0 aliphatic carbocycles. The highest BCUT2D eigenvalue weighted by Crippen LogP contribution is 2.43. The van der Waals surface area contributed by atoms with Crippen LogP contribution in [0.5, 0.6) is 34.5 Å². The predicted octanol–water partition coefficient (Wildman–Crippen LogP) is 2.62. The van der Waals surface area contributed by atoms with Crippen molar-refractivity contribution in [3.8, 4) is 34.5 Å². The van der Waals surface area contributed by atoms with Gasteiger partial charge < -0.3 is 47.0 Å². The molecule has 0 fully saturated rings. The molecular weight excluding hydrogens is 576 g/mol. The van der Waals surface area contributed by atoms with Gasteiger partial charge in [-0.2, -0.15) is 0 Å². The Morgan fingerprint density at radius 1 is 0.700 bits per heavy atom. The van der Waals surface area contributed by atoms with Crippen LogP contribution < -0.4 is 14.2 Å². The van der Waals surface area contributed by atoms with Gasteiger partial charge in [0, 0.05) is 5.56 Å². The highest BCUT2D eigenvalue weighted by molar-refractivity contribution is 7.81. The van der Waals surface area contributed by atoms with Crippen LogP contribution in [0.2, 0.25) is 0 Å². The summed E-state index contributed by atoms with van der Waals surface area (Å²) >= 11 is 0. The molecule has 0 saturated carbocycles. The molecule has 212 valence electrons. The Balaban J connectivity index is 1.62. The number of phenols is 3. The van der Waals surface area contributed by atoms with Gasteiger partial charge in [-0.1, -0.05) is 18.2 Å². The Bertz CT molecular complexity index is 1680. The van der Waals surface area contributed by atoms with E-state index in [4.69, 9.17) is 14.2 Å². The van der Waals surface area contributed by atoms with Gasteiger partial charge in [0.1, 0.15) is 12.5 Å². The van der Waals surface area contributed by atoms with E-state index in [1.807, 2.05) is 0 Å². The zero-order chi connectivity index (χ0) is 29.1. The summed E-state index contributed by atoms with van der Waals surface area (Å²) in [6.45, 7) is 0. The first-order valence-electron chi connectivity index (χ1n) is 10.9. The normalized spacial score (nSPS) is 17.1. The summed E-state index contributed by atoms with van der Waals surface area (Å²) in [7, 11) is -9.88. The SMILES string of the molecule is O=S(=O)([O-])O/C=C/c1ccc(OC2Oc3ccc(/C=C/OS(=O)(=O)[O-])cc3OC2c2ccc(O)c(O)c2)c(O)c1. The van der Waals surface area contributed by atoms with Crippen molar-refractivity contribution in [3.63, 3.8) is 0 Å². The van der Waals surface area contributed by atoms with Gasteiger partial charge >= 0.3 is 0 Å². The number of hydrogen-bond donors (Lipinski definition) is 3. The second-order valence-corrected chi connectivity index (χ2v) is 9.96. The molecule has 0 amide bonds. The molecule has 14 nitrogen and oxygen atoms in total. The fourth-order valence-corrected chi connectivity index (χ4v) is 3.82. The minimum Gasteiger partial charge on any atom is -0.716 e. The van der Waals surface area contributed by atoms with Crippen molar-refractivity contribution < 1.29 is 63.8 Å². The molecule has 1 aliphatic heterocycles. The number of fused-ring (bicyclic) bond motifs is 1. The molecule has 16 heteroatoms. The van der Waals surface area contributed by atoms with Gasteiger partial charge in [-0.05, 0) is 59.7 Å². The summed E-state index contributed by atoms with van der Waals surface area (Å²) in [5, 5.41) is 30.2. The second kappa shape index (κ2) is 11.2. The molecular formula is C24H18O14S2-2. The third-order valence-electron chi connectivity index (χ3n) is 5.13. The first-order chi connectivity index (χ1) is 18.8. The average Bonchev–Trinajstić information content (AvgIpc) is 2.85. The summed E-state index contributed by atoms with van der Waals surface area (Å²) in [6, 6.07) is 12.2. The van der Waals surface area contributed by atoms with Gasteiger partial charge in [-0.3, -0.25) is 0 Å². The van der Waals surface area contributed by atoms with Crippen LogP contribution in [0.4, 0.5) is 0 Å². The number of rotatable bonds is 9. The molecule has 3 aromatic carbocycles. The van der Waals surface area contributed by atoms with E-state index < -0.39 is 50.4 Å². The summed E-state index contributed by atoms with van der Waals surface area (Å²) < 4.78 is 89.4. The Morgan fingerprint density at radius 2 is 1.32 bits per heavy atom. The van der Waals surface area contributed by atoms with Crippen molar-refractivity contribution in [2.45, 2.75) is 12.4 Å². The highest BCUT2D eigenvalue weighted by atomic mass is 32.3. The number of ether oxygens (including phenoxy) is 3. The quantitative estimate of drug-likeness (QED) is 0.140. The molecule has 4 rings (SSSR count). The Hall–Kier alpha value is -4.64. The second-order valence-electron chi connectivity index (χ2n) is 7.94. The first-order valence-corrected chi connectivity index (χ1v) is 13.5. The average molecular weight is 595 g/mol. The molecule has 40 heavy (non-hydrogen) atoms. The van der Waals surface area contributed by atoms with Crippen LogP contribution in [-0.2, 0) is 29.2 Å². The maximum atomic E-state index is 10.6. The van der Waals surface area contributed by atoms with Gasteiger partial charge in [0.2, 0.25) is 0 Å². The van der Waals surface area contributed by atoms with E-state index in [2.05, 4.69) is 8.37 Å². The smallest absolute Gasteiger partial charge is 0.282 e. The van der Waals surface area contributed by atoms with Crippen molar-refractivity contribution in [1.29, 1.82) is 0 Å². The predicted molar refractivity (Wildman–Crippen MR) is 132 cm³/mol. The van der Waals surface area contributed by atoms with E-state index in [0.29, 0.717) is 23.7 Å². The minimum absolute atomic E-state index is 0.0879. The molecule has 1 heterocycles. The molecule has 0 spiro atoms. The van der Waals surface area contributed by atoms with Crippen LogP contribution in [0, 0.1) is 0 Å². The van der Waals surface area contributed by atoms with Crippen LogP contribution >= 0.6 is 0 Å². The monoisotopic (exact) mass is 594 g/mol. The summed E-state index contributed by atoms with van der Waals surface area (Å²) in [6.07, 6.45) is 1.26. The molecule has 0 saturated heterocycles. The third-order valence-corrected chi connectivity index (χ3v) is 5.83. The fourth-order valence-electron chi connectivity index (χ4n) is 3.44. The summed E-state index contributed by atoms with van der Waals surface area (Å²) in [5.74, 6) is -1.01. The molecule has 0 radical (unpaired) electrons. The first kappa shape index (κ1) is 28.4. The van der Waals surface area contributed by atoms with Crippen molar-refractivity contribution in [2.24, 2.45) is 0 Å². The van der Waals surface area contributed by atoms with Crippen molar-refractivity contribution >= 4 is 33.0 Å². The van der Waals surface area contributed by atoms with Gasteiger partial charge in [-0.15, -0.1) is 0 Å². The minimum atomic E-state index is -4.94. The van der Waals surface area contributed by atoms with E-state index in [1.165, 1.54) is 60.7 Å². The van der Waals surface area contributed by atoms with Gasteiger partial charge in [0.05, 0.1) is 0 Å². The van der Waals surface area contributed by atoms with Crippen LogP contribution in [-0.4, -0.2) is 47.6 Å². The van der Waals surface area contributed by atoms with Gasteiger partial charge in [0.15, 0.2) is 40.6 Å². The zero-order valence-electron chi connectivity index (χ0n) is 19.8. The number of benzene rings is 3. The lowest BCUT2D eigenvalue weighted by Gasteiger charge is -2.34. The lowest BCUT2D eigenvalue weighted by molar-refractivity contribution is -0.0988. The largest absolute Gasteiger partial charge is 0.716 e. The molecule has 2 atom stereocenters. The topological polar surface area (TPSA) is 221 Å². The molecule has 2 unspecified atom stereocenters. The number of hydrogen-bond acceptors (Lipinski definition) is 14. The molecule has 1 aliphatic rings. The van der Waals surface area contributed by atoms with E-state index in [0.717, 1.165) is 6.08 Å². The maximum Gasteiger partial charge on any atom is 0.282 e. The number of aromatic hydroxyl groups is 3. The van der Waals surface area contributed by atoms with Crippen LogP contribution in [0.15, 0.2) is 67.1 Å². The lowest BCUT2D eigenvalue weighted by atomic mass is 10.1. The Kier molecular flexibility index (Phi) is 7.96. The molecule has 3 aromatic rings. The van der Waals surface area contributed by atoms with Gasteiger partial charge in [0.25, 0.3) is 27.1 Å². The fraction of sp³-hybridized carbons (Fsp3) is 0.0833. The molecule has 0 bridgehead atoms. The van der Waals surface area contributed by atoms with Crippen molar-refractivity contribution in [2.75, 3.05) is 0 Å². The van der Waals surface area contributed by atoms with Crippen LogP contribution in [0.3, 0.4) is 0 Å². The molecule has 0 aromatic heterocycles. The van der Waals surface area contributed by atoms with E-state index in [9.17, 15) is 41.3 Å². The molecule has 3 N–H and O–H groups in total. The Labute approximate surface area is 227 Å². The lowest BCUT2D eigenvalue weighted by Crippen LogP contribution is -2.37. The van der Waals surface area contributed by atoms with Crippen molar-refractivity contribution in [3.05, 3.63) is 83.8 Å². The Morgan fingerprint density at radius 3 is 1.93 bits per heavy atom. The standard InChI is InChI=1S/C24H20O14S2/c25-17-4-3-16(13-18(17)26)23-24(37-20-5-1-14(11-19(20)27)7-9-34-39(28,29)30)38-21-6-2-15(12-22(21)36-23)8-10-35-40(31,32)33/h1-13,23-27H,(H,28,29,30)(H,31,32,33)/p-2/b9-7+,10-8+. The van der Waals surface area contributed by atoms with Crippen LogP contribution in [0.1, 0.15) is 22.8 Å². The van der Waals surface area contributed by atoms with Crippen LogP contribution in [0.25, 0.3) is 12.2 Å². The van der Waals surface area contributed by atoms with E-state index in [1.54, 1.807) is 0 Å². The maximum absolute atomic E-state index is 10.6. The van der Waals surface area contributed by atoms with Gasteiger partial charge in [-0.25, -0.2) is 16.8 Å².